The van der Waals surface area contributed by atoms with E-state index in [4.69, 9.17) is 4.74 Å². The van der Waals surface area contributed by atoms with Crippen molar-refractivity contribution in [3.63, 3.8) is 0 Å². The van der Waals surface area contributed by atoms with Gasteiger partial charge in [0.1, 0.15) is 0 Å². The molecule has 0 bridgehead atoms. The molecule has 0 fully saturated rings. The number of carbonyl (C=O) groups is 2. The zero-order chi connectivity index (χ0) is 24.4. The fraction of sp³-hybridized carbons (Fsp3) is 0.481. The highest BCUT2D eigenvalue weighted by Crippen LogP contribution is 2.34. The molecule has 0 aromatic heterocycles. The van der Waals surface area contributed by atoms with Gasteiger partial charge in [-0.1, -0.05) is 111 Å². The van der Waals surface area contributed by atoms with E-state index in [9.17, 15) is 9.59 Å². The third-order valence-electron chi connectivity index (χ3n) is 5.41. The van der Waals surface area contributed by atoms with E-state index < -0.39 is 5.97 Å². The van der Waals surface area contributed by atoms with Crippen molar-refractivity contribution in [1.29, 1.82) is 0 Å². The maximum Gasteiger partial charge on any atom is 0.339 e. The highest BCUT2D eigenvalue weighted by molar-refractivity contribution is 8.76. The third-order valence-corrected chi connectivity index (χ3v) is 8.77. The van der Waals surface area contributed by atoms with E-state index in [1.807, 2.05) is 41.1 Å². The molecule has 0 aliphatic rings. The summed E-state index contributed by atoms with van der Waals surface area (Å²) in [4.78, 5) is 26.4. The van der Waals surface area contributed by atoms with Crippen LogP contribution in [0.4, 0.5) is 0 Å². The second kappa shape index (κ2) is 17.8. The SMILES string of the molecule is CCCCCCCCCCCCSSc1ccccc1C(=O)NSc1ccccc1C(=O)OC. The monoisotopic (exact) mass is 519 g/mol. The number of unbranched alkanes of at least 4 members (excludes halogenated alkanes) is 9. The molecule has 0 atom stereocenters. The summed E-state index contributed by atoms with van der Waals surface area (Å²) in [5.74, 6) is 0.488. The van der Waals surface area contributed by atoms with Crippen molar-refractivity contribution in [3.05, 3.63) is 59.7 Å². The number of ether oxygens (including phenoxy) is 1. The van der Waals surface area contributed by atoms with Crippen LogP contribution in [0.2, 0.25) is 0 Å². The van der Waals surface area contributed by atoms with Crippen LogP contribution in [-0.4, -0.2) is 24.7 Å². The average Bonchev–Trinajstić information content (AvgIpc) is 2.87. The Morgan fingerprint density at radius 3 is 1.97 bits per heavy atom. The molecular formula is C27H37NO3S3. The van der Waals surface area contributed by atoms with Crippen molar-refractivity contribution in [2.45, 2.75) is 80.9 Å². The van der Waals surface area contributed by atoms with Gasteiger partial charge < -0.3 is 4.74 Å². The third kappa shape index (κ3) is 10.8. The van der Waals surface area contributed by atoms with Gasteiger partial charge in [-0.25, -0.2) is 4.79 Å². The number of methoxy groups -OCH3 is 1. The van der Waals surface area contributed by atoms with Crippen molar-refractivity contribution in [2.75, 3.05) is 12.9 Å². The lowest BCUT2D eigenvalue weighted by Gasteiger charge is -2.10. The molecule has 4 nitrogen and oxygen atoms in total. The van der Waals surface area contributed by atoms with E-state index >= 15 is 0 Å². The standard InChI is InChI=1S/C27H37NO3S3/c1-3-4-5-6-7-8-9-10-11-16-21-32-34-25-20-15-12-17-22(25)26(29)28-33-24-19-14-13-18-23(24)27(30)31-2/h12-15,17-20H,3-11,16,21H2,1-2H3,(H,28,29). The summed E-state index contributed by atoms with van der Waals surface area (Å²) in [6, 6.07) is 14.7. The Kier molecular flexibility index (Phi) is 15.0. The quantitative estimate of drug-likeness (QED) is 0.0977. The number of hydrogen-bond donors (Lipinski definition) is 1. The number of nitrogens with one attached hydrogen (secondary N) is 1. The molecule has 2 rings (SSSR count). The van der Waals surface area contributed by atoms with E-state index in [-0.39, 0.29) is 5.91 Å². The van der Waals surface area contributed by atoms with Gasteiger partial charge in [-0.3, -0.25) is 9.52 Å². The Balaban J connectivity index is 1.70. The second-order valence-corrected chi connectivity index (χ2v) is 11.4. The van der Waals surface area contributed by atoms with Crippen molar-refractivity contribution in [3.8, 4) is 0 Å². The van der Waals surface area contributed by atoms with E-state index in [1.165, 1.54) is 71.3 Å². The first kappa shape index (κ1) is 28.7. The molecule has 34 heavy (non-hydrogen) atoms. The van der Waals surface area contributed by atoms with E-state index in [1.54, 1.807) is 29.0 Å². The number of hydrogen-bond acceptors (Lipinski definition) is 6. The van der Waals surface area contributed by atoms with Crippen molar-refractivity contribution in [1.82, 2.24) is 4.72 Å². The minimum absolute atomic E-state index is 0.174. The van der Waals surface area contributed by atoms with Crippen LogP contribution >= 0.6 is 33.5 Å². The molecule has 1 amide bonds. The summed E-state index contributed by atoms with van der Waals surface area (Å²) in [6.45, 7) is 2.26. The molecule has 0 aliphatic heterocycles. The van der Waals surface area contributed by atoms with Crippen LogP contribution in [0.1, 0.15) is 91.8 Å². The number of amides is 1. The number of benzene rings is 2. The van der Waals surface area contributed by atoms with Gasteiger partial charge in [0.25, 0.3) is 5.91 Å². The maximum atomic E-state index is 12.8. The molecule has 2 aromatic carbocycles. The van der Waals surface area contributed by atoms with Gasteiger partial charge in [0, 0.05) is 15.5 Å². The number of rotatable bonds is 17. The Morgan fingerprint density at radius 1 is 0.765 bits per heavy atom. The first-order chi connectivity index (χ1) is 16.7. The first-order valence-corrected chi connectivity index (χ1v) is 15.3. The fourth-order valence-electron chi connectivity index (χ4n) is 3.47. The highest BCUT2D eigenvalue weighted by atomic mass is 33.1. The van der Waals surface area contributed by atoms with Gasteiger partial charge in [0.15, 0.2) is 0 Å². The van der Waals surface area contributed by atoms with Gasteiger partial charge in [0.2, 0.25) is 0 Å². The molecule has 1 N–H and O–H groups in total. The zero-order valence-electron chi connectivity index (χ0n) is 20.3. The van der Waals surface area contributed by atoms with Crippen LogP contribution in [0.3, 0.4) is 0 Å². The molecule has 0 unspecified atom stereocenters. The normalized spacial score (nSPS) is 10.8. The molecule has 0 heterocycles. The lowest BCUT2D eigenvalue weighted by molar-refractivity contribution is 0.0596. The van der Waals surface area contributed by atoms with Crippen LogP contribution in [0, 0.1) is 0 Å². The van der Waals surface area contributed by atoms with Crippen LogP contribution in [0.25, 0.3) is 0 Å². The highest BCUT2D eigenvalue weighted by Gasteiger charge is 2.15. The zero-order valence-corrected chi connectivity index (χ0v) is 22.8. The smallest absolute Gasteiger partial charge is 0.339 e. The molecule has 0 saturated carbocycles. The largest absolute Gasteiger partial charge is 0.465 e. The Morgan fingerprint density at radius 2 is 1.32 bits per heavy atom. The Labute approximate surface area is 217 Å². The molecule has 0 spiro atoms. The summed E-state index contributed by atoms with van der Waals surface area (Å²) in [5, 5.41) is 0. The minimum atomic E-state index is -0.420. The van der Waals surface area contributed by atoms with Gasteiger partial charge >= 0.3 is 5.97 Å². The maximum absolute atomic E-state index is 12.8. The first-order valence-electron chi connectivity index (χ1n) is 12.2. The molecule has 2 aromatic rings. The predicted molar refractivity (Wildman–Crippen MR) is 148 cm³/mol. The number of esters is 1. The second-order valence-electron chi connectivity index (χ2n) is 8.10. The molecule has 0 aliphatic carbocycles. The molecule has 0 saturated heterocycles. The minimum Gasteiger partial charge on any atom is -0.465 e. The van der Waals surface area contributed by atoms with Crippen LogP contribution < -0.4 is 4.72 Å². The Hall–Kier alpha value is -1.57. The van der Waals surface area contributed by atoms with Crippen molar-refractivity contribution < 1.29 is 14.3 Å². The number of carbonyl (C=O) groups excluding carboxylic acids is 2. The molecular weight excluding hydrogens is 483 g/mol. The van der Waals surface area contributed by atoms with E-state index in [2.05, 4.69) is 11.6 Å². The van der Waals surface area contributed by atoms with Crippen LogP contribution in [0.15, 0.2) is 58.3 Å². The molecule has 0 radical (unpaired) electrons. The summed E-state index contributed by atoms with van der Waals surface area (Å²) >= 11 is 1.13. The van der Waals surface area contributed by atoms with Crippen molar-refractivity contribution in [2.24, 2.45) is 0 Å². The molecule has 186 valence electrons. The van der Waals surface area contributed by atoms with E-state index in [0.717, 1.165) is 22.6 Å². The average molecular weight is 520 g/mol. The summed E-state index contributed by atoms with van der Waals surface area (Å²) < 4.78 is 7.69. The topological polar surface area (TPSA) is 55.4 Å². The van der Waals surface area contributed by atoms with E-state index in [0.29, 0.717) is 16.0 Å². The van der Waals surface area contributed by atoms with Crippen LogP contribution in [-0.2, 0) is 4.74 Å². The fourth-order valence-corrected chi connectivity index (χ4v) is 6.53. The Bertz CT molecular complexity index is 876. The summed E-state index contributed by atoms with van der Waals surface area (Å²) in [6.07, 6.45) is 13.4. The van der Waals surface area contributed by atoms with Gasteiger partial charge in [-0.15, -0.1) is 0 Å². The summed E-state index contributed by atoms with van der Waals surface area (Å²) in [5.41, 5.74) is 1.08. The van der Waals surface area contributed by atoms with Gasteiger partial charge in [-0.05, 0) is 42.6 Å². The van der Waals surface area contributed by atoms with Crippen LogP contribution in [0.5, 0.6) is 0 Å². The lowest BCUT2D eigenvalue weighted by atomic mass is 10.1. The van der Waals surface area contributed by atoms with Gasteiger partial charge in [0.05, 0.1) is 18.2 Å². The predicted octanol–water partition coefficient (Wildman–Crippen LogP) is 8.57. The molecule has 7 heteroatoms. The lowest BCUT2D eigenvalue weighted by Crippen LogP contribution is -2.17. The van der Waals surface area contributed by atoms with Crippen molar-refractivity contribution >= 4 is 45.4 Å². The summed E-state index contributed by atoms with van der Waals surface area (Å²) in [7, 11) is 4.82. The van der Waals surface area contributed by atoms with Gasteiger partial charge in [-0.2, -0.15) is 0 Å².